The van der Waals surface area contributed by atoms with E-state index in [2.05, 4.69) is 15.7 Å². The molecule has 0 aromatic heterocycles. The van der Waals surface area contributed by atoms with Gasteiger partial charge >= 0.3 is 0 Å². The van der Waals surface area contributed by atoms with Crippen LogP contribution in [0.4, 0.5) is 11.4 Å². The van der Waals surface area contributed by atoms with Crippen molar-refractivity contribution in [1.82, 2.24) is 10.3 Å². The number of hydrogen-bond donors (Lipinski definition) is 2. The molecule has 1 aliphatic rings. The molecule has 2 aromatic carbocycles. The van der Waals surface area contributed by atoms with Crippen LogP contribution in [0.3, 0.4) is 0 Å². The highest BCUT2D eigenvalue weighted by molar-refractivity contribution is 6.43. The first-order valence-electron chi connectivity index (χ1n) is 8.79. The van der Waals surface area contributed by atoms with E-state index in [9.17, 15) is 14.4 Å². The first kappa shape index (κ1) is 20.3. The third-order valence-electron chi connectivity index (χ3n) is 4.21. The second-order valence-corrected chi connectivity index (χ2v) is 7.10. The van der Waals surface area contributed by atoms with E-state index < -0.39 is 5.91 Å². The number of benzene rings is 2. The molecular weight excluding hydrogens is 394 g/mol. The van der Waals surface area contributed by atoms with E-state index in [1.807, 2.05) is 19.1 Å². The molecule has 29 heavy (non-hydrogen) atoms. The number of amidine groups is 1. The van der Waals surface area contributed by atoms with Crippen molar-refractivity contribution in [3.63, 3.8) is 0 Å². The van der Waals surface area contributed by atoms with Gasteiger partial charge in [-0.1, -0.05) is 29.3 Å². The topological polar surface area (TPSA) is 94.1 Å². The van der Waals surface area contributed by atoms with Crippen molar-refractivity contribution < 1.29 is 14.4 Å². The molecule has 1 aliphatic heterocycles. The first-order valence-corrected chi connectivity index (χ1v) is 9.17. The monoisotopic (exact) mass is 413 g/mol. The smallest absolute Gasteiger partial charge is 0.292 e. The quantitative estimate of drug-likeness (QED) is 0.803. The van der Waals surface area contributed by atoms with Gasteiger partial charge in [0.15, 0.2) is 0 Å². The number of nitrogens with one attached hydrogen (secondary N) is 2. The van der Waals surface area contributed by atoms with Gasteiger partial charge in [-0.25, -0.2) is 5.01 Å². The SMILES string of the molecule is Cc1ccc(N2NC(C(=O)Nc3ccc(C(=O)N(C)C)c(Cl)c3)=NCC2=O)cc1. The Bertz CT molecular complexity index is 1000. The highest BCUT2D eigenvalue weighted by atomic mass is 35.5. The maximum absolute atomic E-state index is 12.6. The van der Waals surface area contributed by atoms with Gasteiger partial charge in [-0.2, -0.15) is 0 Å². The average Bonchev–Trinajstić information content (AvgIpc) is 2.68. The Morgan fingerprint density at radius 3 is 2.48 bits per heavy atom. The fraction of sp³-hybridized carbons (Fsp3) is 0.200. The number of hydrogen-bond acceptors (Lipinski definition) is 5. The van der Waals surface area contributed by atoms with E-state index >= 15 is 0 Å². The molecule has 0 saturated heterocycles. The standard InChI is InChI=1S/C20H20ClN5O3/c1-12-4-7-14(8-5-12)26-17(27)11-22-18(24-26)19(28)23-13-6-9-15(16(21)10-13)20(29)25(2)3/h4-10H,11H2,1-3H3,(H,22,24)(H,23,28). The molecule has 0 spiro atoms. The van der Waals surface area contributed by atoms with Crippen LogP contribution >= 0.6 is 11.6 Å². The summed E-state index contributed by atoms with van der Waals surface area (Å²) in [6, 6.07) is 11.9. The summed E-state index contributed by atoms with van der Waals surface area (Å²) in [6.45, 7) is 1.79. The van der Waals surface area contributed by atoms with Gasteiger partial charge in [-0.05, 0) is 37.3 Å². The number of amides is 3. The van der Waals surface area contributed by atoms with Gasteiger partial charge < -0.3 is 10.2 Å². The molecule has 0 aliphatic carbocycles. The van der Waals surface area contributed by atoms with Crippen LogP contribution in [0.15, 0.2) is 47.5 Å². The van der Waals surface area contributed by atoms with Crippen LogP contribution in [0, 0.1) is 6.92 Å². The maximum atomic E-state index is 12.6. The van der Waals surface area contributed by atoms with Crippen LogP contribution < -0.4 is 15.8 Å². The Morgan fingerprint density at radius 1 is 1.17 bits per heavy atom. The lowest BCUT2D eigenvalue weighted by Gasteiger charge is -2.27. The average molecular weight is 414 g/mol. The summed E-state index contributed by atoms with van der Waals surface area (Å²) in [5.74, 6) is -1.05. The van der Waals surface area contributed by atoms with E-state index in [4.69, 9.17) is 11.6 Å². The summed E-state index contributed by atoms with van der Waals surface area (Å²) in [7, 11) is 3.25. The van der Waals surface area contributed by atoms with Crippen LogP contribution in [0.5, 0.6) is 0 Å². The Labute approximate surface area is 173 Å². The fourth-order valence-corrected chi connectivity index (χ4v) is 2.90. The molecule has 2 aromatic rings. The van der Waals surface area contributed by atoms with Crippen LogP contribution in [0.1, 0.15) is 15.9 Å². The largest absolute Gasteiger partial charge is 0.345 e. The minimum Gasteiger partial charge on any atom is -0.345 e. The van der Waals surface area contributed by atoms with Crippen molar-refractivity contribution >= 4 is 46.5 Å². The number of carbonyl (C=O) groups is 3. The fourth-order valence-electron chi connectivity index (χ4n) is 2.64. The summed E-state index contributed by atoms with van der Waals surface area (Å²) in [4.78, 5) is 42.2. The number of aliphatic imine (C=N–C) groups is 1. The molecule has 150 valence electrons. The van der Waals surface area contributed by atoms with E-state index in [1.165, 1.54) is 16.0 Å². The number of hydrazine groups is 1. The van der Waals surface area contributed by atoms with Crippen LogP contribution in [0.2, 0.25) is 5.02 Å². The number of rotatable bonds is 4. The normalized spacial score (nSPS) is 13.4. The molecular formula is C20H20ClN5O3. The van der Waals surface area contributed by atoms with E-state index in [-0.39, 0.29) is 29.2 Å². The van der Waals surface area contributed by atoms with Gasteiger partial charge in [0, 0.05) is 19.8 Å². The number of carbonyl (C=O) groups excluding carboxylic acids is 3. The van der Waals surface area contributed by atoms with Gasteiger partial charge in [-0.15, -0.1) is 0 Å². The van der Waals surface area contributed by atoms with Crippen LogP contribution in [0.25, 0.3) is 0 Å². The molecule has 0 saturated carbocycles. The molecule has 9 heteroatoms. The molecule has 8 nitrogen and oxygen atoms in total. The third-order valence-corrected chi connectivity index (χ3v) is 4.52. The molecule has 0 atom stereocenters. The van der Waals surface area contributed by atoms with Crippen molar-refractivity contribution in [1.29, 1.82) is 0 Å². The Kier molecular flexibility index (Phi) is 5.84. The lowest BCUT2D eigenvalue weighted by atomic mass is 10.2. The molecule has 0 unspecified atom stereocenters. The van der Waals surface area contributed by atoms with Crippen molar-refractivity contribution in [3.05, 3.63) is 58.6 Å². The minimum atomic E-state index is -0.530. The summed E-state index contributed by atoms with van der Waals surface area (Å²) >= 11 is 6.18. The predicted molar refractivity (Wildman–Crippen MR) is 112 cm³/mol. The predicted octanol–water partition coefficient (Wildman–Crippen LogP) is 2.24. The second kappa shape index (κ2) is 8.32. The van der Waals surface area contributed by atoms with Gasteiger partial charge in [-0.3, -0.25) is 24.8 Å². The molecule has 0 radical (unpaired) electrons. The second-order valence-electron chi connectivity index (χ2n) is 6.69. The first-order chi connectivity index (χ1) is 13.8. The van der Waals surface area contributed by atoms with Gasteiger partial charge in [0.1, 0.15) is 6.54 Å². The van der Waals surface area contributed by atoms with Gasteiger partial charge in [0.25, 0.3) is 17.7 Å². The van der Waals surface area contributed by atoms with Gasteiger partial charge in [0.05, 0.1) is 16.3 Å². The van der Waals surface area contributed by atoms with Crippen molar-refractivity contribution in [2.24, 2.45) is 4.99 Å². The summed E-state index contributed by atoms with van der Waals surface area (Å²) < 4.78 is 0. The molecule has 1 heterocycles. The number of nitrogens with zero attached hydrogens (tertiary/aromatic N) is 3. The minimum absolute atomic E-state index is 0.00487. The lowest BCUT2D eigenvalue weighted by Crippen LogP contribution is -2.54. The van der Waals surface area contributed by atoms with Crippen LogP contribution in [-0.4, -0.2) is 49.1 Å². The molecule has 3 amide bonds. The van der Waals surface area contributed by atoms with Gasteiger partial charge in [0.2, 0.25) is 5.84 Å². The molecule has 3 rings (SSSR count). The molecule has 0 fully saturated rings. The Hall–Kier alpha value is -3.39. The van der Waals surface area contributed by atoms with Crippen molar-refractivity contribution in [3.8, 4) is 0 Å². The zero-order chi connectivity index (χ0) is 21.1. The molecule has 0 bridgehead atoms. The van der Waals surface area contributed by atoms with E-state index in [0.717, 1.165) is 5.56 Å². The third kappa shape index (κ3) is 4.55. The number of anilines is 2. The Balaban J connectivity index is 1.73. The highest BCUT2D eigenvalue weighted by Gasteiger charge is 2.25. The highest BCUT2D eigenvalue weighted by Crippen LogP contribution is 2.22. The van der Waals surface area contributed by atoms with E-state index in [0.29, 0.717) is 16.9 Å². The van der Waals surface area contributed by atoms with E-state index in [1.54, 1.807) is 38.4 Å². The Morgan fingerprint density at radius 2 is 1.86 bits per heavy atom. The van der Waals surface area contributed by atoms with Crippen molar-refractivity contribution in [2.45, 2.75) is 6.92 Å². The van der Waals surface area contributed by atoms with Crippen LogP contribution in [-0.2, 0) is 9.59 Å². The molecule has 2 N–H and O–H groups in total. The zero-order valence-corrected chi connectivity index (χ0v) is 16.9. The summed E-state index contributed by atoms with van der Waals surface area (Å²) in [5, 5.41) is 4.17. The number of aryl methyl sites for hydroxylation is 1. The summed E-state index contributed by atoms with van der Waals surface area (Å²) in [5.41, 5.74) is 5.14. The zero-order valence-electron chi connectivity index (χ0n) is 16.2. The summed E-state index contributed by atoms with van der Waals surface area (Å²) in [6.07, 6.45) is 0. The number of halogens is 1. The lowest BCUT2D eigenvalue weighted by molar-refractivity contribution is -0.118. The maximum Gasteiger partial charge on any atom is 0.292 e. The van der Waals surface area contributed by atoms with Crippen molar-refractivity contribution in [2.75, 3.05) is 31.0 Å².